The van der Waals surface area contributed by atoms with Crippen LogP contribution in [-0.4, -0.2) is 57.7 Å². The van der Waals surface area contributed by atoms with Gasteiger partial charge in [0, 0.05) is 60.3 Å². The summed E-state index contributed by atoms with van der Waals surface area (Å²) in [5, 5.41) is 11.3. The van der Waals surface area contributed by atoms with Gasteiger partial charge in [0.25, 0.3) is 23.6 Å². The fourth-order valence-electron chi connectivity index (χ4n) is 8.13. The Hall–Kier alpha value is -5.95. The van der Waals surface area contributed by atoms with Crippen LogP contribution in [0, 0.1) is 37.5 Å². The van der Waals surface area contributed by atoms with E-state index >= 15 is 0 Å². The van der Waals surface area contributed by atoms with Gasteiger partial charge < -0.3 is 27.0 Å². The molecule has 2 aliphatic rings. The average molecular weight is 937 g/mol. The topological polar surface area (TPSA) is 202 Å². The summed E-state index contributed by atoms with van der Waals surface area (Å²) >= 11 is 5.03. The van der Waals surface area contributed by atoms with Crippen LogP contribution >= 0.6 is 11.6 Å². The lowest BCUT2D eigenvalue weighted by Gasteiger charge is -2.12. The summed E-state index contributed by atoms with van der Waals surface area (Å²) < 4.78 is 0. The highest BCUT2D eigenvalue weighted by Crippen LogP contribution is 2.28. The van der Waals surface area contributed by atoms with Crippen molar-refractivity contribution in [2.75, 3.05) is 29.5 Å². The monoisotopic (exact) mass is 936 g/mol. The standard InChI is InChI=1S/C27H35N3O3.C21H26N4O2.C5H9ClO/c1-18(2)14-24(31)16-22-10-11-23(17-29-22)30-27(33)25-15-21(9-8-19(25)3)26(32)28-13-12-20-6-4-5-7-20;1-14-6-7-16(20(26)23-11-10-15-4-2-3-5-15)12-18(14)21(27)25-17-8-9-19(22)24-13-17;1-4(2)3-5(6)7/h8-11,15,17-18,20H,4-7,12-14,16H2,1-3H3,(H,28,32)(H,30,33);6-9,12-13,15H,2-5,10-11H2,1H3,(H2,22,24)(H,23,26)(H,25,27);4H,3H2,1-2H3. The highest BCUT2D eigenvalue weighted by Gasteiger charge is 2.19. The molecule has 2 heterocycles. The van der Waals surface area contributed by atoms with E-state index < -0.39 is 0 Å². The number of anilines is 3. The van der Waals surface area contributed by atoms with Crippen molar-refractivity contribution in [2.45, 2.75) is 125 Å². The second-order valence-electron chi connectivity index (χ2n) is 18.6. The molecule has 67 heavy (non-hydrogen) atoms. The summed E-state index contributed by atoms with van der Waals surface area (Å²) in [6.45, 7) is 13.0. The van der Waals surface area contributed by atoms with Crippen molar-refractivity contribution >= 4 is 63.4 Å². The molecule has 2 aromatic carbocycles. The third-order valence-corrected chi connectivity index (χ3v) is 12.0. The predicted molar refractivity (Wildman–Crippen MR) is 267 cm³/mol. The van der Waals surface area contributed by atoms with Gasteiger partial charge in [-0.3, -0.25) is 33.8 Å². The van der Waals surface area contributed by atoms with Crippen LogP contribution in [0.5, 0.6) is 0 Å². The normalized spacial score (nSPS) is 13.5. The van der Waals surface area contributed by atoms with E-state index in [9.17, 15) is 28.8 Å². The Kier molecular flexibility index (Phi) is 22.1. The number of nitrogens with two attached hydrogens (primary N) is 1. The molecule has 0 aliphatic heterocycles. The molecule has 2 aromatic heterocycles. The molecule has 6 rings (SSSR count). The number of aromatic nitrogens is 2. The molecule has 0 spiro atoms. The number of hydrogen-bond acceptors (Lipinski definition) is 9. The van der Waals surface area contributed by atoms with Crippen molar-refractivity contribution in [2.24, 2.45) is 23.7 Å². The molecule has 0 saturated heterocycles. The fourth-order valence-corrected chi connectivity index (χ4v) is 8.44. The van der Waals surface area contributed by atoms with Crippen LogP contribution in [0.4, 0.5) is 17.2 Å². The number of Topliss-reactive ketones (excluding diaryl/α,β-unsaturated/α-hetero) is 1. The van der Waals surface area contributed by atoms with Crippen LogP contribution in [0.15, 0.2) is 73.1 Å². The van der Waals surface area contributed by atoms with Crippen molar-refractivity contribution in [1.29, 1.82) is 0 Å². The van der Waals surface area contributed by atoms with Crippen LogP contribution < -0.4 is 27.0 Å². The second kappa shape index (κ2) is 27.6. The predicted octanol–water partition coefficient (Wildman–Crippen LogP) is 10.4. The number of halogens is 1. The molecule has 13 nitrogen and oxygen atoms in total. The quantitative estimate of drug-likeness (QED) is 0.0602. The number of pyridine rings is 2. The number of rotatable bonds is 18. The summed E-state index contributed by atoms with van der Waals surface area (Å²) in [7, 11) is 0. The molecule has 14 heteroatoms. The van der Waals surface area contributed by atoms with Crippen LogP contribution in [0.3, 0.4) is 0 Å². The number of nitrogen functional groups attached to an aromatic ring is 1. The maximum absolute atomic E-state index is 12.9. The average Bonchev–Trinajstić information content (AvgIpc) is 4.00. The number of nitrogens with one attached hydrogen (secondary N) is 4. The minimum atomic E-state index is -0.293. The van der Waals surface area contributed by atoms with Gasteiger partial charge in [-0.2, -0.15) is 0 Å². The van der Waals surface area contributed by atoms with Gasteiger partial charge in [0.2, 0.25) is 5.24 Å². The Labute approximate surface area is 401 Å². The number of ketones is 1. The maximum Gasteiger partial charge on any atom is 0.255 e. The van der Waals surface area contributed by atoms with Gasteiger partial charge in [0.05, 0.1) is 23.8 Å². The van der Waals surface area contributed by atoms with E-state index in [4.69, 9.17) is 17.3 Å². The van der Waals surface area contributed by atoms with Crippen LogP contribution in [0.25, 0.3) is 0 Å². The van der Waals surface area contributed by atoms with Crippen LogP contribution in [-0.2, 0) is 16.0 Å². The lowest BCUT2D eigenvalue weighted by Crippen LogP contribution is -2.26. The number of hydrogen-bond donors (Lipinski definition) is 5. The van der Waals surface area contributed by atoms with Crippen molar-refractivity contribution in [1.82, 2.24) is 20.6 Å². The van der Waals surface area contributed by atoms with Gasteiger partial charge in [-0.1, -0.05) is 91.2 Å². The molecule has 4 amide bonds. The van der Waals surface area contributed by atoms with E-state index in [1.165, 1.54) is 57.6 Å². The zero-order valence-corrected chi connectivity index (χ0v) is 40.9. The lowest BCUT2D eigenvalue weighted by molar-refractivity contribution is -0.119. The van der Waals surface area contributed by atoms with E-state index in [0.29, 0.717) is 89.3 Å². The van der Waals surface area contributed by atoms with E-state index in [2.05, 4.69) is 31.2 Å². The van der Waals surface area contributed by atoms with E-state index in [0.717, 1.165) is 35.8 Å². The zero-order chi connectivity index (χ0) is 48.9. The molecule has 0 atom stereocenters. The molecule has 2 aliphatic carbocycles. The first-order valence-corrected chi connectivity index (χ1v) is 24.1. The lowest BCUT2D eigenvalue weighted by atomic mass is 10.0. The third kappa shape index (κ3) is 19.4. The first-order valence-electron chi connectivity index (χ1n) is 23.7. The van der Waals surface area contributed by atoms with Gasteiger partial charge in [-0.05, 0) is 122 Å². The fraction of sp³-hybridized carbons (Fsp3) is 0.472. The molecule has 0 unspecified atom stereocenters. The molecule has 4 aromatic rings. The highest BCUT2D eigenvalue weighted by molar-refractivity contribution is 6.63. The Bertz CT molecular complexity index is 2270. The first kappa shape index (κ1) is 53.7. The highest BCUT2D eigenvalue weighted by atomic mass is 35.5. The SMILES string of the molecule is CC(C)CC(=O)Cl.Cc1ccc(C(=O)NCCC2CCCC2)cc1C(=O)Nc1ccc(CC(=O)CC(C)C)nc1.Cc1ccc(C(=O)NCCC2CCCC2)cc1C(=O)Nc1ccc(N)nc1. The molecule has 2 saturated carbocycles. The number of nitrogens with zero attached hydrogens (tertiary/aromatic N) is 2. The van der Waals surface area contributed by atoms with Crippen molar-refractivity contribution in [3.63, 3.8) is 0 Å². The molecule has 360 valence electrons. The first-order chi connectivity index (χ1) is 32.0. The van der Waals surface area contributed by atoms with Crippen molar-refractivity contribution in [3.8, 4) is 0 Å². The summed E-state index contributed by atoms with van der Waals surface area (Å²) in [4.78, 5) is 80.7. The minimum Gasteiger partial charge on any atom is -0.384 e. The number of amides is 4. The van der Waals surface area contributed by atoms with Gasteiger partial charge in [-0.25, -0.2) is 4.98 Å². The molecular formula is C53H70ClN7O6. The van der Waals surface area contributed by atoms with Crippen LogP contribution in [0.1, 0.15) is 163 Å². The number of benzene rings is 2. The maximum atomic E-state index is 12.9. The Morgan fingerprint density at radius 2 is 1.06 bits per heavy atom. The van der Waals surface area contributed by atoms with E-state index in [1.807, 2.05) is 41.5 Å². The molecule has 0 radical (unpaired) electrons. The Morgan fingerprint density at radius 3 is 1.43 bits per heavy atom. The Morgan fingerprint density at radius 1 is 0.612 bits per heavy atom. The summed E-state index contributed by atoms with van der Waals surface area (Å²) in [5.41, 5.74) is 10.8. The minimum absolute atomic E-state index is 0.142. The number of carbonyl (C=O) groups excluding carboxylic acids is 6. The largest absolute Gasteiger partial charge is 0.384 e. The van der Waals surface area contributed by atoms with Gasteiger partial charge in [0.1, 0.15) is 11.6 Å². The van der Waals surface area contributed by atoms with Gasteiger partial charge in [-0.15, -0.1) is 0 Å². The number of aryl methyl sites for hydroxylation is 2. The van der Waals surface area contributed by atoms with Crippen molar-refractivity contribution in [3.05, 3.63) is 112 Å². The molecule has 6 N–H and O–H groups in total. The summed E-state index contributed by atoms with van der Waals surface area (Å²) in [6.07, 6.45) is 16.7. The Balaban J connectivity index is 0.000000260. The molecule has 0 bridgehead atoms. The number of carbonyl (C=O) groups is 6. The van der Waals surface area contributed by atoms with Crippen molar-refractivity contribution < 1.29 is 28.8 Å². The van der Waals surface area contributed by atoms with E-state index in [1.54, 1.807) is 66.9 Å². The third-order valence-electron chi connectivity index (χ3n) is 11.8. The molecule has 2 fully saturated rings. The smallest absolute Gasteiger partial charge is 0.255 e. The summed E-state index contributed by atoms with van der Waals surface area (Å²) in [5.74, 6) is 1.85. The van der Waals surface area contributed by atoms with Crippen LogP contribution in [0.2, 0.25) is 0 Å². The van der Waals surface area contributed by atoms with Gasteiger partial charge >= 0.3 is 0 Å². The second-order valence-corrected chi connectivity index (χ2v) is 19.1. The summed E-state index contributed by atoms with van der Waals surface area (Å²) in [6, 6.07) is 17.2. The zero-order valence-electron chi connectivity index (χ0n) is 40.1. The van der Waals surface area contributed by atoms with Gasteiger partial charge in [0.15, 0.2) is 0 Å². The molecular weight excluding hydrogens is 866 g/mol. The van der Waals surface area contributed by atoms with E-state index in [-0.39, 0.29) is 34.7 Å².